The van der Waals surface area contributed by atoms with E-state index in [1.807, 2.05) is 28.7 Å². The van der Waals surface area contributed by atoms with Crippen LogP contribution in [0, 0.1) is 0 Å². The minimum Gasteiger partial charge on any atom is -0.455 e. The molecule has 0 aliphatic heterocycles. The maximum Gasteiger partial charge on any atom is 0.143 e. The van der Waals surface area contributed by atoms with E-state index in [4.69, 9.17) is 4.42 Å². The zero-order valence-corrected chi connectivity index (χ0v) is 67.3. The second-order valence-corrected chi connectivity index (χ2v) is 34.4. The third-order valence-corrected chi connectivity index (χ3v) is 27.9. The van der Waals surface area contributed by atoms with E-state index in [1.54, 1.807) is 0 Å². The van der Waals surface area contributed by atoms with Gasteiger partial charge >= 0.3 is 0 Å². The van der Waals surface area contributed by atoms with Crippen LogP contribution >= 0.6 is 22.7 Å². The molecule has 0 saturated carbocycles. The number of hydrogen-bond donors (Lipinski definition) is 0. The Morgan fingerprint density at radius 3 is 1.01 bits per heavy atom. The minimum atomic E-state index is 0.905. The Balaban J connectivity index is 0.524. The number of fused-ring (bicyclic) bond motifs is 16. The average molecular weight is 1570 g/mol. The molecule has 25 aromatic rings. The summed E-state index contributed by atoms with van der Waals surface area (Å²) in [5.41, 5.74) is 28.5. The highest BCUT2D eigenvalue weighted by atomic mass is 32.1. The van der Waals surface area contributed by atoms with Crippen LogP contribution in [-0.4, -0.2) is 0 Å². The van der Waals surface area contributed by atoms with Gasteiger partial charge in [0.15, 0.2) is 0 Å². The Hall–Kier alpha value is -15.1. The molecule has 0 unspecified atom stereocenters. The lowest BCUT2D eigenvalue weighted by Gasteiger charge is -2.20. The number of hydrogen-bond acceptors (Lipinski definition) is 3. The Bertz CT molecular complexity index is 8460. The summed E-state index contributed by atoms with van der Waals surface area (Å²) in [6.45, 7) is 0. The molecule has 3 aromatic heterocycles. The van der Waals surface area contributed by atoms with Gasteiger partial charge in [0.05, 0.1) is 0 Å². The fourth-order valence-electron chi connectivity index (χ4n) is 20.1. The van der Waals surface area contributed by atoms with Gasteiger partial charge in [-0.25, -0.2) is 0 Å². The number of furan rings is 1. The summed E-state index contributed by atoms with van der Waals surface area (Å²) in [6, 6.07) is 159. The van der Waals surface area contributed by atoms with Crippen molar-refractivity contribution < 1.29 is 4.42 Å². The van der Waals surface area contributed by atoms with Crippen molar-refractivity contribution in [2.24, 2.45) is 0 Å². The molecule has 0 aliphatic carbocycles. The maximum absolute atomic E-state index is 6.67. The van der Waals surface area contributed by atoms with Gasteiger partial charge in [-0.05, 0) is 247 Å². The Labute approximate surface area is 706 Å². The molecule has 0 saturated heterocycles. The molecular formula is C118H70OS2. The van der Waals surface area contributed by atoms with E-state index in [2.05, 4.69) is 419 Å². The predicted molar refractivity (Wildman–Crippen MR) is 522 cm³/mol. The van der Waals surface area contributed by atoms with Crippen LogP contribution in [0.15, 0.2) is 429 Å². The second-order valence-electron chi connectivity index (χ2n) is 32.3. The molecule has 0 fully saturated rings. The molecular weight excluding hydrogens is 1500 g/mol. The van der Waals surface area contributed by atoms with E-state index >= 15 is 0 Å². The first-order chi connectivity index (χ1) is 60.0. The largest absolute Gasteiger partial charge is 0.455 e. The summed E-state index contributed by atoms with van der Waals surface area (Å²) in [5.74, 6) is 0. The van der Waals surface area contributed by atoms with Crippen LogP contribution in [0.2, 0.25) is 0 Å². The van der Waals surface area contributed by atoms with Crippen LogP contribution in [0.25, 0.3) is 260 Å². The normalized spacial score (nSPS) is 12.0. The van der Waals surface area contributed by atoms with Gasteiger partial charge in [-0.3, -0.25) is 0 Å². The summed E-state index contributed by atoms with van der Waals surface area (Å²) in [7, 11) is 0. The van der Waals surface area contributed by atoms with Gasteiger partial charge in [0.1, 0.15) is 11.2 Å². The molecule has 22 aromatic carbocycles. The molecule has 25 rings (SSSR count). The minimum absolute atomic E-state index is 0.905. The lowest BCUT2D eigenvalue weighted by molar-refractivity contribution is 0.670. The molecule has 560 valence electrons. The van der Waals surface area contributed by atoms with Gasteiger partial charge in [0, 0.05) is 62.2 Å². The second kappa shape index (κ2) is 27.8. The molecule has 0 radical (unpaired) electrons. The average Bonchev–Trinajstić information content (AvgIpc) is 1.60. The summed E-state index contributed by atoms with van der Waals surface area (Å²) in [4.78, 5) is 0. The van der Waals surface area contributed by atoms with Gasteiger partial charge in [-0.2, -0.15) is 0 Å². The van der Waals surface area contributed by atoms with Gasteiger partial charge in [-0.1, -0.05) is 364 Å². The monoisotopic (exact) mass is 1570 g/mol. The quantitative estimate of drug-likeness (QED) is 0.118. The standard InChI is InChI=1S/C118H70OS2/c1-3-23-71(24-4-1)75-27-21-28-83(65-75)113-90-30-7-9-32-92(90)114(93-33-10-8-31-91(93)113)85-56-60-89-106-67-81(57-62-108(106)120-111(89)70-85)80-54-61-102(105(66-80)73-25-5-2-6-26-73)116-98-38-15-13-36-96(98)115(97-37-14-16-39-99(97)116)84-55-59-88-87-58-53-82(68-109(87)121-110(88)69-84)79-52-51-77-63-76(49-50-78(77)64-79)72-45-47-74(48-46-72)112-94-34-11-17-40-100(94)117(101-41-18-12-35-95(101)112)104-43-22-42-103-86-29-19-20-44-107(86)119-118(103)104/h1-70H. The van der Waals surface area contributed by atoms with E-state index in [1.165, 1.54) is 233 Å². The van der Waals surface area contributed by atoms with Gasteiger partial charge in [0.2, 0.25) is 0 Å². The first kappa shape index (κ1) is 69.1. The maximum atomic E-state index is 6.67. The molecule has 121 heavy (non-hydrogen) atoms. The molecule has 1 nitrogen and oxygen atoms in total. The van der Waals surface area contributed by atoms with Crippen LogP contribution in [0.4, 0.5) is 0 Å². The smallest absolute Gasteiger partial charge is 0.143 e. The third kappa shape index (κ3) is 11.2. The van der Waals surface area contributed by atoms with Gasteiger partial charge in [-0.15, -0.1) is 22.7 Å². The molecule has 0 atom stereocenters. The van der Waals surface area contributed by atoms with Crippen molar-refractivity contribution in [1.29, 1.82) is 0 Å². The fraction of sp³-hybridized carbons (Fsp3) is 0. The Morgan fingerprint density at radius 2 is 0.463 bits per heavy atom. The van der Waals surface area contributed by atoms with Crippen molar-refractivity contribution in [3.8, 4) is 122 Å². The molecule has 0 bridgehead atoms. The molecule has 0 aliphatic rings. The SMILES string of the molecule is c1ccc(-c2cccc(-c3c4ccccc4c(-c4ccc5c(c4)sc4ccc(-c6ccc(-c7c8ccccc8c(-c8ccc9c(c8)sc8cc(-c%10ccc%11cc(-c%12ccc(-c%13c%14ccccc%14c(-c%14cccc%15c%14oc%14ccccc%14%15)c%14ccccc%13%14)cc%12)ccc%11c%10)ccc89)c8ccccc78)c(-c7ccccc7)c6)cc45)c4ccccc34)c2)cc1. The van der Waals surface area contributed by atoms with E-state index < -0.39 is 0 Å². The zero-order chi connectivity index (χ0) is 79.3. The van der Waals surface area contributed by atoms with Crippen LogP contribution in [0.3, 0.4) is 0 Å². The predicted octanol–water partition coefficient (Wildman–Crippen LogP) is 34.7. The van der Waals surface area contributed by atoms with Crippen LogP contribution in [-0.2, 0) is 0 Å². The highest BCUT2D eigenvalue weighted by Gasteiger charge is 2.26. The molecule has 0 amide bonds. The van der Waals surface area contributed by atoms with Crippen molar-refractivity contribution >= 4 is 160 Å². The fourth-order valence-corrected chi connectivity index (χ4v) is 22.4. The van der Waals surface area contributed by atoms with Crippen molar-refractivity contribution in [3.63, 3.8) is 0 Å². The number of benzene rings is 22. The molecule has 3 heterocycles. The van der Waals surface area contributed by atoms with Gasteiger partial charge in [0.25, 0.3) is 0 Å². The summed E-state index contributed by atoms with van der Waals surface area (Å²) in [5, 5.41) is 24.6. The highest BCUT2D eigenvalue weighted by molar-refractivity contribution is 7.26. The number of thiophene rings is 2. The van der Waals surface area contributed by atoms with E-state index in [-0.39, 0.29) is 0 Å². The Morgan fingerprint density at radius 1 is 0.140 bits per heavy atom. The molecule has 0 N–H and O–H groups in total. The molecule has 0 spiro atoms. The third-order valence-electron chi connectivity index (χ3n) is 25.6. The van der Waals surface area contributed by atoms with E-state index in [0.29, 0.717) is 0 Å². The van der Waals surface area contributed by atoms with E-state index in [0.717, 1.165) is 27.5 Å². The highest BCUT2D eigenvalue weighted by Crippen LogP contribution is 2.53. The summed E-state index contributed by atoms with van der Waals surface area (Å²) in [6.07, 6.45) is 0. The van der Waals surface area contributed by atoms with Gasteiger partial charge < -0.3 is 4.42 Å². The van der Waals surface area contributed by atoms with Crippen LogP contribution in [0.5, 0.6) is 0 Å². The summed E-state index contributed by atoms with van der Waals surface area (Å²) >= 11 is 3.78. The lowest BCUT2D eigenvalue weighted by atomic mass is 9.83. The van der Waals surface area contributed by atoms with Crippen LogP contribution < -0.4 is 0 Å². The number of rotatable bonds is 11. The van der Waals surface area contributed by atoms with E-state index in [9.17, 15) is 0 Å². The zero-order valence-electron chi connectivity index (χ0n) is 65.6. The van der Waals surface area contributed by atoms with Crippen molar-refractivity contribution in [3.05, 3.63) is 425 Å². The van der Waals surface area contributed by atoms with Crippen molar-refractivity contribution in [2.45, 2.75) is 0 Å². The first-order valence-electron chi connectivity index (χ1n) is 41.6. The number of para-hydroxylation sites is 2. The Kier molecular flexibility index (Phi) is 15.9. The molecule has 3 heteroatoms. The van der Waals surface area contributed by atoms with Crippen LogP contribution in [0.1, 0.15) is 0 Å². The topological polar surface area (TPSA) is 13.1 Å². The summed E-state index contributed by atoms with van der Waals surface area (Å²) < 4.78 is 11.8. The van der Waals surface area contributed by atoms with Crippen molar-refractivity contribution in [2.75, 3.05) is 0 Å². The van der Waals surface area contributed by atoms with Crippen molar-refractivity contribution in [1.82, 2.24) is 0 Å². The first-order valence-corrected chi connectivity index (χ1v) is 43.3. The lowest BCUT2D eigenvalue weighted by Crippen LogP contribution is -1.93.